The number of esters is 1. The zero-order valence-corrected chi connectivity index (χ0v) is 10.8. The lowest BCUT2D eigenvalue weighted by Crippen LogP contribution is -2.43. The normalized spacial score (nSPS) is 52.7. The molecule has 5 aliphatic rings. The summed E-state index contributed by atoms with van der Waals surface area (Å²) in [7, 11) is 0. The number of hydrogen-bond acceptors (Lipinski definition) is 6. The highest BCUT2D eigenvalue weighted by Gasteiger charge is 2.70. The van der Waals surface area contributed by atoms with Crippen molar-refractivity contribution in [1.82, 2.24) is 10.1 Å². The molecule has 19 heavy (non-hydrogen) atoms. The van der Waals surface area contributed by atoms with E-state index in [1.165, 1.54) is 6.42 Å². The van der Waals surface area contributed by atoms with E-state index in [9.17, 15) is 4.79 Å². The molecular formula is C13H18N2O4. The Hall–Kier alpha value is -0.690. The predicted molar refractivity (Wildman–Crippen MR) is 62.3 cm³/mol. The fraction of sp³-hybridized carbons (Fsp3) is 0.923. The predicted octanol–water partition coefficient (Wildman–Crippen LogP) is 0.434. The van der Waals surface area contributed by atoms with Crippen LogP contribution in [0.5, 0.6) is 0 Å². The average molecular weight is 266 g/mol. The van der Waals surface area contributed by atoms with Crippen LogP contribution in [0.25, 0.3) is 0 Å². The topological polar surface area (TPSA) is 51.2 Å². The van der Waals surface area contributed by atoms with Gasteiger partial charge in [-0.1, -0.05) is 0 Å². The Balaban J connectivity index is 1.48. The number of carbonyl (C=O) groups excluding carboxylic acids is 1. The van der Waals surface area contributed by atoms with E-state index < -0.39 is 5.79 Å². The highest BCUT2D eigenvalue weighted by molar-refractivity contribution is 5.77. The number of hydroxylamine groups is 4. The summed E-state index contributed by atoms with van der Waals surface area (Å²) in [5.41, 5.74) is 0. The SMILES string of the molecule is O=C1O[C@@]2(C[C@H]3CCCN3O2)[C@@H]2ON3CCC[C@@H]3[C@H]12. The standard InChI is InChI=1S/C13H18N2O4/c16-12-10-9-4-2-6-15(9)18-11(10)13(17-12)7-8-3-1-5-14(8)19-13/h8-11H,1-7H2/t8-,9-,10+,11-,13-/m1/s1. The van der Waals surface area contributed by atoms with E-state index in [-0.39, 0.29) is 24.0 Å². The number of fused-ring (bicyclic) bond motifs is 5. The van der Waals surface area contributed by atoms with Crippen molar-refractivity contribution >= 4 is 5.97 Å². The minimum Gasteiger partial charge on any atom is -0.428 e. The minimum absolute atomic E-state index is 0.124. The minimum atomic E-state index is -0.836. The van der Waals surface area contributed by atoms with Crippen LogP contribution < -0.4 is 0 Å². The largest absolute Gasteiger partial charge is 0.428 e. The number of ether oxygens (including phenoxy) is 1. The molecule has 6 nitrogen and oxygen atoms in total. The molecule has 0 aromatic carbocycles. The smallest absolute Gasteiger partial charge is 0.316 e. The number of nitrogens with zero attached hydrogens (tertiary/aromatic N) is 2. The van der Waals surface area contributed by atoms with Crippen molar-refractivity contribution in [1.29, 1.82) is 0 Å². The molecule has 0 amide bonds. The highest BCUT2D eigenvalue weighted by Crippen LogP contribution is 2.52. The van der Waals surface area contributed by atoms with Gasteiger partial charge in [-0.15, -0.1) is 0 Å². The third kappa shape index (κ3) is 1.28. The van der Waals surface area contributed by atoms with Gasteiger partial charge in [0.15, 0.2) is 6.10 Å². The molecule has 5 atom stereocenters. The van der Waals surface area contributed by atoms with Crippen LogP contribution >= 0.6 is 0 Å². The van der Waals surface area contributed by atoms with Gasteiger partial charge in [0.2, 0.25) is 0 Å². The molecule has 1 spiro atoms. The first kappa shape index (κ1) is 11.0. The van der Waals surface area contributed by atoms with Crippen molar-refractivity contribution in [3.63, 3.8) is 0 Å². The molecule has 0 bridgehead atoms. The molecule has 5 fully saturated rings. The molecule has 5 aliphatic heterocycles. The summed E-state index contributed by atoms with van der Waals surface area (Å²) in [6.45, 7) is 1.86. The summed E-state index contributed by atoms with van der Waals surface area (Å²) in [5.74, 6) is -1.11. The van der Waals surface area contributed by atoms with Crippen LogP contribution in [0.4, 0.5) is 0 Å². The van der Waals surface area contributed by atoms with Gasteiger partial charge in [0.25, 0.3) is 5.79 Å². The first-order valence-electron chi connectivity index (χ1n) is 7.39. The van der Waals surface area contributed by atoms with Crippen molar-refractivity contribution in [3.05, 3.63) is 0 Å². The van der Waals surface area contributed by atoms with E-state index in [2.05, 4.69) is 0 Å². The van der Waals surface area contributed by atoms with E-state index in [0.29, 0.717) is 6.04 Å². The number of hydrogen-bond donors (Lipinski definition) is 0. The Bertz CT molecular complexity index is 430. The summed E-state index contributed by atoms with van der Waals surface area (Å²) in [4.78, 5) is 24.3. The number of carbonyl (C=O) groups is 1. The Kier molecular flexibility index (Phi) is 2.03. The van der Waals surface area contributed by atoms with Crippen LogP contribution in [0.1, 0.15) is 32.1 Å². The zero-order valence-electron chi connectivity index (χ0n) is 10.8. The van der Waals surface area contributed by atoms with Gasteiger partial charge in [-0.25, -0.2) is 4.84 Å². The van der Waals surface area contributed by atoms with E-state index in [0.717, 1.165) is 38.8 Å². The molecule has 104 valence electrons. The van der Waals surface area contributed by atoms with Crippen molar-refractivity contribution in [2.75, 3.05) is 13.1 Å². The second kappa shape index (κ2) is 3.49. The van der Waals surface area contributed by atoms with Crippen LogP contribution in [-0.2, 0) is 19.2 Å². The Morgan fingerprint density at radius 2 is 2.00 bits per heavy atom. The van der Waals surface area contributed by atoms with Crippen molar-refractivity contribution in [2.45, 2.75) is 56.1 Å². The molecule has 0 radical (unpaired) electrons. The van der Waals surface area contributed by atoms with Crippen LogP contribution in [0.2, 0.25) is 0 Å². The van der Waals surface area contributed by atoms with Crippen LogP contribution in [0.15, 0.2) is 0 Å². The summed E-state index contributed by atoms with van der Waals surface area (Å²) >= 11 is 0. The van der Waals surface area contributed by atoms with Gasteiger partial charge >= 0.3 is 5.97 Å². The van der Waals surface area contributed by atoms with Crippen molar-refractivity contribution in [2.24, 2.45) is 5.92 Å². The quantitative estimate of drug-likeness (QED) is 0.593. The van der Waals surface area contributed by atoms with Gasteiger partial charge in [-0.2, -0.15) is 10.1 Å². The summed E-state index contributed by atoms with van der Waals surface area (Å²) in [5, 5.41) is 3.99. The summed E-state index contributed by atoms with van der Waals surface area (Å²) in [6, 6.07) is 0.599. The second-order valence-electron chi connectivity index (χ2n) is 6.37. The Labute approximate surface area is 111 Å². The maximum atomic E-state index is 12.3. The molecule has 0 unspecified atom stereocenters. The zero-order chi connectivity index (χ0) is 12.6. The van der Waals surface area contributed by atoms with Crippen LogP contribution in [-0.4, -0.2) is 53.2 Å². The summed E-state index contributed by atoms with van der Waals surface area (Å²) in [6.07, 6.45) is 4.95. The average Bonchev–Trinajstić information content (AvgIpc) is 3.06. The Morgan fingerprint density at radius 1 is 1.16 bits per heavy atom. The van der Waals surface area contributed by atoms with Gasteiger partial charge in [-0.05, 0) is 25.7 Å². The third-order valence-electron chi connectivity index (χ3n) is 5.33. The molecule has 0 aromatic rings. The molecule has 5 rings (SSSR count). The second-order valence-corrected chi connectivity index (χ2v) is 6.37. The maximum absolute atomic E-state index is 12.3. The number of rotatable bonds is 0. The third-order valence-corrected chi connectivity index (χ3v) is 5.33. The Morgan fingerprint density at radius 3 is 2.89 bits per heavy atom. The fourth-order valence-corrected chi connectivity index (χ4v) is 4.53. The van der Waals surface area contributed by atoms with Gasteiger partial charge in [0.1, 0.15) is 5.92 Å². The van der Waals surface area contributed by atoms with Crippen LogP contribution in [0, 0.1) is 5.92 Å². The van der Waals surface area contributed by atoms with Crippen molar-refractivity contribution < 1.29 is 19.2 Å². The molecule has 6 heteroatoms. The lowest BCUT2D eigenvalue weighted by Gasteiger charge is -2.28. The first-order valence-corrected chi connectivity index (χ1v) is 7.39. The van der Waals surface area contributed by atoms with Gasteiger partial charge in [0, 0.05) is 25.6 Å². The van der Waals surface area contributed by atoms with E-state index in [4.69, 9.17) is 14.4 Å². The van der Waals surface area contributed by atoms with E-state index >= 15 is 0 Å². The van der Waals surface area contributed by atoms with E-state index in [1.807, 2.05) is 10.1 Å². The maximum Gasteiger partial charge on any atom is 0.316 e. The molecule has 5 saturated heterocycles. The molecular weight excluding hydrogens is 248 g/mol. The molecule has 5 heterocycles. The molecule has 0 N–H and O–H groups in total. The van der Waals surface area contributed by atoms with Gasteiger partial charge in [-0.3, -0.25) is 9.63 Å². The first-order chi connectivity index (χ1) is 9.27. The lowest BCUT2D eigenvalue weighted by molar-refractivity contribution is -0.325. The van der Waals surface area contributed by atoms with Gasteiger partial charge in [0.05, 0.1) is 6.04 Å². The van der Waals surface area contributed by atoms with E-state index in [1.54, 1.807) is 0 Å². The summed E-state index contributed by atoms with van der Waals surface area (Å²) < 4.78 is 5.67. The molecule has 0 aromatic heterocycles. The highest BCUT2D eigenvalue weighted by atomic mass is 16.9. The van der Waals surface area contributed by atoms with Crippen LogP contribution in [0.3, 0.4) is 0 Å². The lowest BCUT2D eigenvalue weighted by atomic mass is 9.89. The monoisotopic (exact) mass is 266 g/mol. The fourth-order valence-electron chi connectivity index (χ4n) is 4.53. The molecule has 0 aliphatic carbocycles. The van der Waals surface area contributed by atoms with Gasteiger partial charge < -0.3 is 4.74 Å². The van der Waals surface area contributed by atoms with Crippen molar-refractivity contribution in [3.8, 4) is 0 Å². The molecule has 0 saturated carbocycles.